The Morgan fingerprint density at radius 3 is 2.42 bits per heavy atom. The molecule has 2 aliphatic rings. The van der Waals surface area contributed by atoms with Gasteiger partial charge >= 0.3 is 0 Å². The van der Waals surface area contributed by atoms with Crippen molar-refractivity contribution >= 4 is 11.8 Å². The number of nitrogens with one attached hydrogen (secondary N) is 1. The van der Waals surface area contributed by atoms with Crippen LogP contribution >= 0.6 is 11.8 Å². The highest BCUT2D eigenvalue weighted by molar-refractivity contribution is 7.99. The van der Waals surface area contributed by atoms with E-state index in [2.05, 4.69) is 42.1 Å². The van der Waals surface area contributed by atoms with Gasteiger partial charge < -0.3 is 5.32 Å². The second kappa shape index (κ2) is 7.33. The molecule has 0 aromatic carbocycles. The van der Waals surface area contributed by atoms with Gasteiger partial charge in [-0.1, -0.05) is 13.8 Å². The maximum Gasteiger partial charge on any atom is 0.0303 e. The van der Waals surface area contributed by atoms with Crippen LogP contribution in [0.15, 0.2) is 0 Å². The van der Waals surface area contributed by atoms with Crippen molar-refractivity contribution in [2.24, 2.45) is 0 Å². The zero-order valence-corrected chi connectivity index (χ0v) is 13.9. The second-order valence-electron chi connectivity index (χ2n) is 6.40. The molecule has 1 saturated heterocycles. The molecule has 0 bridgehead atoms. The summed E-state index contributed by atoms with van der Waals surface area (Å²) in [5.74, 6) is 0. The van der Waals surface area contributed by atoms with Crippen LogP contribution in [0, 0.1) is 0 Å². The monoisotopic (exact) mass is 284 g/mol. The summed E-state index contributed by atoms with van der Waals surface area (Å²) in [5, 5.41) is 4.77. The molecule has 1 N–H and O–H groups in total. The van der Waals surface area contributed by atoms with E-state index in [-0.39, 0.29) is 0 Å². The van der Waals surface area contributed by atoms with E-state index in [0.717, 1.165) is 11.3 Å². The molecule has 112 valence electrons. The highest BCUT2D eigenvalue weighted by Gasteiger charge is 2.34. The quantitative estimate of drug-likeness (QED) is 0.850. The fourth-order valence-electron chi connectivity index (χ4n) is 3.84. The fourth-order valence-corrected chi connectivity index (χ4v) is 4.58. The molecule has 1 aliphatic heterocycles. The third-order valence-corrected chi connectivity index (χ3v) is 6.61. The number of rotatable bonds is 4. The SMILES string of the molecule is CCC1(CC)CN(C2CCC(SC)CC2)CCCN1. The molecule has 0 amide bonds. The Morgan fingerprint density at radius 1 is 1.16 bits per heavy atom. The summed E-state index contributed by atoms with van der Waals surface area (Å²) in [7, 11) is 0. The molecule has 0 radical (unpaired) electrons. The Labute approximate surface area is 124 Å². The van der Waals surface area contributed by atoms with E-state index in [9.17, 15) is 0 Å². The molecule has 0 spiro atoms. The van der Waals surface area contributed by atoms with Crippen LogP contribution in [-0.2, 0) is 0 Å². The van der Waals surface area contributed by atoms with Crippen LogP contribution < -0.4 is 5.32 Å². The first kappa shape index (κ1) is 15.7. The molecule has 0 atom stereocenters. The van der Waals surface area contributed by atoms with Gasteiger partial charge in [0.2, 0.25) is 0 Å². The van der Waals surface area contributed by atoms with E-state index >= 15 is 0 Å². The second-order valence-corrected chi connectivity index (χ2v) is 7.54. The maximum atomic E-state index is 3.84. The highest BCUT2D eigenvalue weighted by atomic mass is 32.2. The summed E-state index contributed by atoms with van der Waals surface area (Å²) in [6, 6.07) is 0.862. The van der Waals surface area contributed by atoms with Crippen molar-refractivity contribution in [3.05, 3.63) is 0 Å². The molecule has 0 unspecified atom stereocenters. The molecule has 1 aliphatic carbocycles. The van der Waals surface area contributed by atoms with E-state index in [4.69, 9.17) is 0 Å². The van der Waals surface area contributed by atoms with Crippen LogP contribution in [0.25, 0.3) is 0 Å². The van der Waals surface area contributed by atoms with Gasteiger partial charge in [-0.3, -0.25) is 4.90 Å². The van der Waals surface area contributed by atoms with Crippen molar-refractivity contribution in [3.8, 4) is 0 Å². The molecular weight excluding hydrogens is 252 g/mol. The molecule has 3 heteroatoms. The van der Waals surface area contributed by atoms with Crippen LogP contribution in [0.2, 0.25) is 0 Å². The lowest BCUT2D eigenvalue weighted by atomic mass is 9.89. The molecule has 2 nitrogen and oxygen atoms in total. The Morgan fingerprint density at radius 2 is 1.84 bits per heavy atom. The van der Waals surface area contributed by atoms with Crippen LogP contribution in [0.5, 0.6) is 0 Å². The fraction of sp³-hybridized carbons (Fsp3) is 1.00. The topological polar surface area (TPSA) is 15.3 Å². The smallest absolute Gasteiger partial charge is 0.0303 e. The van der Waals surface area contributed by atoms with E-state index in [0.29, 0.717) is 5.54 Å². The number of hydrogen-bond donors (Lipinski definition) is 1. The first-order chi connectivity index (χ1) is 9.23. The number of hydrogen-bond acceptors (Lipinski definition) is 3. The van der Waals surface area contributed by atoms with Crippen molar-refractivity contribution in [1.82, 2.24) is 10.2 Å². The van der Waals surface area contributed by atoms with Crippen LogP contribution in [-0.4, -0.2) is 47.6 Å². The zero-order valence-electron chi connectivity index (χ0n) is 13.1. The Balaban J connectivity index is 1.95. The largest absolute Gasteiger partial charge is 0.310 e. The minimum absolute atomic E-state index is 0.382. The standard InChI is InChI=1S/C16H32N2S/c1-4-16(5-2)13-18(12-6-11-17-16)14-7-9-15(19-3)10-8-14/h14-15,17H,4-13H2,1-3H3. The number of nitrogens with zero attached hydrogens (tertiary/aromatic N) is 1. The van der Waals surface area contributed by atoms with Gasteiger partial charge in [-0.2, -0.15) is 11.8 Å². The first-order valence-electron chi connectivity index (χ1n) is 8.25. The van der Waals surface area contributed by atoms with E-state index in [1.807, 2.05) is 0 Å². The van der Waals surface area contributed by atoms with Gasteiger partial charge in [0.15, 0.2) is 0 Å². The highest BCUT2D eigenvalue weighted by Crippen LogP contribution is 2.31. The molecule has 0 aromatic rings. The lowest BCUT2D eigenvalue weighted by Crippen LogP contribution is -2.53. The number of thioether (sulfide) groups is 1. The van der Waals surface area contributed by atoms with E-state index < -0.39 is 0 Å². The molecule has 1 heterocycles. The minimum Gasteiger partial charge on any atom is -0.310 e. The Hall–Kier alpha value is 0.270. The van der Waals surface area contributed by atoms with Gasteiger partial charge in [-0.05, 0) is 64.3 Å². The zero-order chi connectivity index (χ0) is 13.7. The van der Waals surface area contributed by atoms with Gasteiger partial charge in [-0.15, -0.1) is 0 Å². The predicted molar refractivity (Wildman–Crippen MR) is 87.1 cm³/mol. The Bertz CT molecular complexity index is 257. The summed E-state index contributed by atoms with van der Waals surface area (Å²) in [6.07, 6.45) is 11.8. The van der Waals surface area contributed by atoms with Gasteiger partial charge in [0.25, 0.3) is 0 Å². The first-order valence-corrected chi connectivity index (χ1v) is 9.53. The third-order valence-electron chi connectivity index (χ3n) is 5.47. The molecule has 2 fully saturated rings. The van der Waals surface area contributed by atoms with Crippen LogP contribution in [0.1, 0.15) is 58.8 Å². The average molecular weight is 285 g/mol. The molecule has 0 aromatic heterocycles. The van der Waals surface area contributed by atoms with Crippen LogP contribution in [0.4, 0.5) is 0 Å². The maximum absolute atomic E-state index is 3.84. The summed E-state index contributed by atoms with van der Waals surface area (Å²) in [4.78, 5) is 2.82. The van der Waals surface area contributed by atoms with Crippen molar-refractivity contribution < 1.29 is 0 Å². The van der Waals surface area contributed by atoms with Gasteiger partial charge in [0.05, 0.1) is 0 Å². The van der Waals surface area contributed by atoms with Gasteiger partial charge in [0, 0.05) is 23.4 Å². The van der Waals surface area contributed by atoms with Crippen molar-refractivity contribution in [2.75, 3.05) is 25.9 Å². The minimum atomic E-state index is 0.382. The molecule has 2 rings (SSSR count). The summed E-state index contributed by atoms with van der Waals surface area (Å²) in [6.45, 7) is 8.49. The molecule has 19 heavy (non-hydrogen) atoms. The van der Waals surface area contributed by atoms with Crippen molar-refractivity contribution in [2.45, 2.75) is 75.6 Å². The summed E-state index contributed by atoms with van der Waals surface area (Å²) >= 11 is 2.08. The normalized spacial score (nSPS) is 33.0. The Kier molecular flexibility index (Phi) is 6.04. The van der Waals surface area contributed by atoms with E-state index in [1.165, 1.54) is 64.6 Å². The summed E-state index contributed by atoms with van der Waals surface area (Å²) < 4.78 is 0. The van der Waals surface area contributed by atoms with Crippen LogP contribution in [0.3, 0.4) is 0 Å². The lowest BCUT2D eigenvalue weighted by Gasteiger charge is -2.41. The lowest BCUT2D eigenvalue weighted by molar-refractivity contribution is 0.122. The van der Waals surface area contributed by atoms with E-state index in [1.54, 1.807) is 0 Å². The molecular formula is C16H32N2S. The van der Waals surface area contributed by atoms with Gasteiger partial charge in [0.1, 0.15) is 0 Å². The van der Waals surface area contributed by atoms with Gasteiger partial charge in [-0.25, -0.2) is 0 Å². The van der Waals surface area contributed by atoms with Crippen molar-refractivity contribution in [3.63, 3.8) is 0 Å². The third kappa shape index (κ3) is 3.89. The molecule has 1 saturated carbocycles. The average Bonchev–Trinajstić information content (AvgIpc) is 2.70. The predicted octanol–water partition coefficient (Wildman–Crippen LogP) is 3.51. The summed E-state index contributed by atoms with van der Waals surface area (Å²) in [5.41, 5.74) is 0.382. The van der Waals surface area contributed by atoms with Crippen molar-refractivity contribution in [1.29, 1.82) is 0 Å².